The molecule has 0 aromatic heterocycles. The van der Waals surface area contributed by atoms with Crippen LogP contribution >= 0.6 is 0 Å². The van der Waals surface area contributed by atoms with Gasteiger partial charge in [0.15, 0.2) is 5.96 Å². The Morgan fingerprint density at radius 3 is 2.44 bits per heavy atom. The number of nitrogens with one attached hydrogen (secondary N) is 3. The minimum absolute atomic E-state index is 0.0244. The van der Waals surface area contributed by atoms with Gasteiger partial charge in [0.2, 0.25) is 11.8 Å². The lowest BCUT2D eigenvalue weighted by molar-refractivity contribution is -0.128. The summed E-state index contributed by atoms with van der Waals surface area (Å²) in [4.78, 5) is 29.8. The van der Waals surface area contributed by atoms with Crippen LogP contribution in [0.1, 0.15) is 39.5 Å². The zero-order chi connectivity index (χ0) is 18.6. The van der Waals surface area contributed by atoms with Crippen molar-refractivity contribution in [2.45, 2.75) is 45.6 Å². The van der Waals surface area contributed by atoms with Gasteiger partial charge in [0.25, 0.3) is 0 Å². The number of rotatable bonds is 6. The minimum Gasteiger partial charge on any atom is -0.359 e. The number of carbonyl (C=O) groups excluding carboxylic acids is 2. The van der Waals surface area contributed by atoms with E-state index in [4.69, 9.17) is 0 Å². The van der Waals surface area contributed by atoms with Gasteiger partial charge in [-0.15, -0.1) is 0 Å². The van der Waals surface area contributed by atoms with Crippen LogP contribution in [0.25, 0.3) is 0 Å². The lowest BCUT2D eigenvalue weighted by Crippen LogP contribution is -2.50. The van der Waals surface area contributed by atoms with Gasteiger partial charge < -0.3 is 20.9 Å². The molecule has 2 aliphatic rings. The van der Waals surface area contributed by atoms with E-state index < -0.39 is 5.41 Å². The first kappa shape index (κ1) is 19.5. The summed E-state index contributed by atoms with van der Waals surface area (Å²) in [6.45, 7) is 4.33. The van der Waals surface area contributed by atoms with Gasteiger partial charge in [0.05, 0.1) is 5.41 Å². The van der Waals surface area contributed by atoms with Gasteiger partial charge in [-0.3, -0.25) is 9.59 Å². The van der Waals surface area contributed by atoms with Gasteiger partial charge in [-0.25, -0.2) is 4.99 Å². The van der Waals surface area contributed by atoms with Crippen LogP contribution in [0.3, 0.4) is 0 Å². The fourth-order valence-corrected chi connectivity index (χ4v) is 3.76. The molecule has 2 rings (SSSR count). The Morgan fingerprint density at radius 2 is 1.92 bits per heavy atom. The summed E-state index contributed by atoms with van der Waals surface area (Å²) in [6.07, 6.45) is 5.08. The molecular weight excluding hydrogens is 318 g/mol. The molecule has 0 aromatic carbocycles. The highest BCUT2D eigenvalue weighted by atomic mass is 16.2. The van der Waals surface area contributed by atoms with E-state index in [0.29, 0.717) is 24.5 Å². The van der Waals surface area contributed by atoms with Crippen LogP contribution in [0.5, 0.6) is 0 Å². The normalized spacial score (nSPS) is 25.6. The molecule has 3 N–H and O–H groups in total. The smallest absolute Gasteiger partial charge is 0.243 e. The second-order valence-electron chi connectivity index (χ2n) is 8.20. The van der Waals surface area contributed by atoms with Crippen molar-refractivity contribution in [1.29, 1.82) is 0 Å². The fourth-order valence-electron chi connectivity index (χ4n) is 3.76. The molecule has 2 fully saturated rings. The molecule has 3 unspecified atom stereocenters. The van der Waals surface area contributed by atoms with Gasteiger partial charge in [0.1, 0.15) is 6.54 Å². The van der Waals surface area contributed by atoms with Crippen molar-refractivity contribution in [3.8, 4) is 0 Å². The number of amides is 2. The molecule has 2 bridgehead atoms. The van der Waals surface area contributed by atoms with Crippen LogP contribution < -0.4 is 16.0 Å². The predicted octanol–water partition coefficient (Wildman–Crippen LogP) is 0.571. The van der Waals surface area contributed by atoms with Gasteiger partial charge in [-0.05, 0) is 44.9 Å². The van der Waals surface area contributed by atoms with E-state index in [9.17, 15) is 9.59 Å². The van der Waals surface area contributed by atoms with Crippen molar-refractivity contribution in [3.05, 3.63) is 0 Å². The molecule has 2 aliphatic carbocycles. The van der Waals surface area contributed by atoms with Crippen molar-refractivity contribution < 1.29 is 9.59 Å². The molecular formula is C18H33N5O2. The number of likely N-dealkylation sites (N-methyl/N-ethyl adjacent to an activating group) is 1. The van der Waals surface area contributed by atoms with Crippen molar-refractivity contribution in [1.82, 2.24) is 20.9 Å². The van der Waals surface area contributed by atoms with Crippen LogP contribution in [0.2, 0.25) is 0 Å². The highest BCUT2D eigenvalue weighted by molar-refractivity contribution is 5.86. The molecule has 0 saturated heterocycles. The van der Waals surface area contributed by atoms with E-state index in [1.807, 2.05) is 13.8 Å². The summed E-state index contributed by atoms with van der Waals surface area (Å²) in [7, 11) is 5.09. The molecule has 7 heteroatoms. The number of carbonyl (C=O) groups is 2. The Hall–Kier alpha value is -1.79. The number of fused-ring (bicyclic) bond motifs is 2. The zero-order valence-electron chi connectivity index (χ0n) is 16.2. The molecule has 7 nitrogen and oxygen atoms in total. The monoisotopic (exact) mass is 351 g/mol. The van der Waals surface area contributed by atoms with Gasteiger partial charge in [-0.1, -0.05) is 6.42 Å². The van der Waals surface area contributed by atoms with E-state index >= 15 is 0 Å². The first-order valence-electron chi connectivity index (χ1n) is 9.20. The number of hydrogen-bond acceptors (Lipinski definition) is 3. The quantitative estimate of drug-likeness (QED) is 0.482. The van der Waals surface area contributed by atoms with Crippen molar-refractivity contribution >= 4 is 17.8 Å². The summed E-state index contributed by atoms with van der Waals surface area (Å²) in [6, 6.07) is 0.419. The second kappa shape index (κ2) is 8.06. The van der Waals surface area contributed by atoms with Crippen LogP contribution in [0.4, 0.5) is 0 Å². The molecule has 0 aliphatic heterocycles. The zero-order valence-corrected chi connectivity index (χ0v) is 16.2. The first-order chi connectivity index (χ1) is 11.7. The maximum atomic E-state index is 12.0. The van der Waals surface area contributed by atoms with E-state index in [1.54, 1.807) is 21.1 Å². The highest BCUT2D eigenvalue weighted by Crippen LogP contribution is 2.44. The number of nitrogens with zero attached hydrogens (tertiary/aromatic N) is 2. The second-order valence-corrected chi connectivity index (χ2v) is 8.20. The maximum Gasteiger partial charge on any atom is 0.243 e. The Bertz CT molecular complexity index is 530. The predicted molar refractivity (Wildman–Crippen MR) is 99.2 cm³/mol. The SMILES string of the molecule is CNC(=O)C(C)(C)CNC(=NCC(=O)N(C)C)NC1CC2CCC1C2. The Balaban J connectivity index is 1.99. The molecule has 25 heavy (non-hydrogen) atoms. The molecule has 142 valence electrons. The molecule has 2 saturated carbocycles. The van der Waals surface area contributed by atoms with E-state index in [0.717, 1.165) is 5.92 Å². The molecule has 3 atom stereocenters. The summed E-state index contributed by atoms with van der Waals surface area (Å²) < 4.78 is 0. The van der Waals surface area contributed by atoms with Crippen LogP contribution in [0.15, 0.2) is 4.99 Å². The van der Waals surface area contributed by atoms with Crippen LogP contribution in [-0.2, 0) is 9.59 Å². The van der Waals surface area contributed by atoms with E-state index in [-0.39, 0.29) is 18.4 Å². The molecule has 0 aromatic rings. The largest absolute Gasteiger partial charge is 0.359 e. The Kier molecular flexibility index (Phi) is 6.30. The van der Waals surface area contributed by atoms with Crippen molar-refractivity contribution in [2.75, 3.05) is 34.2 Å². The third kappa shape index (κ3) is 5.09. The standard InChI is InChI=1S/C18H33N5O2/c1-18(2,16(25)19-3)11-21-17(20-10-15(24)23(4)5)22-14-9-12-6-7-13(14)8-12/h12-14H,6-11H2,1-5H3,(H,19,25)(H2,20,21,22). The lowest BCUT2D eigenvalue weighted by atomic mass is 9.92. The highest BCUT2D eigenvalue weighted by Gasteiger charge is 2.40. The van der Waals surface area contributed by atoms with Crippen molar-refractivity contribution in [3.63, 3.8) is 0 Å². The third-order valence-electron chi connectivity index (χ3n) is 5.47. The number of guanidine groups is 1. The van der Waals surface area contributed by atoms with Gasteiger partial charge in [-0.2, -0.15) is 0 Å². The first-order valence-corrected chi connectivity index (χ1v) is 9.20. The maximum absolute atomic E-state index is 12.0. The Labute approximate surface area is 151 Å². The minimum atomic E-state index is -0.558. The number of hydrogen-bond donors (Lipinski definition) is 3. The topological polar surface area (TPSA) is 85.8 Å². The Morgan fingerprint density at radius 1 is 1.20 bits per heavy atom. The summed E-state index contributed by atoms with van der Waals surface area (Å²) >= 11 is 0. The van der Waals surface area contributed by atoms with Crippen molar-refractivity contribution in [2.24, 2.45) is 22.2 Å². The summed E-state index contributed by atoms with van der Waals surface area (Å²) in [5.74, 6) is 2.09. The average Bonchev–Trinajstić information content (AvgIpc) is 3.18. The lowest BCUT2D eigenvalue weighted by Gasteiger charge is -2.28. The summed E-state index contributed by atoms with van der Waals surface area (Å²) in [5, 5.41) is 9.46. The fraction of sp³-hybridized carbons (Fsp3) is 0.833. The number of aliphatic imine (C=N–C) groups is 1. The molecule has 0 radical (unpaired) electrons. The molecule has 2 amide bonds. The molecule has 0 spiro atoms. The van der Waals surface area contributed by atoms with E-state index in [2.05, 4.69) is 20.9 Å². The molecule has 0 heterocycles. The van der Waals surface area contributed by atoms with E-state index in [1.165, 1.54) is 30.6 Å². The van der Waals surface area contributed by atoms with Crippen LogP contribution in [-0.4, -0.2) is 62.9 Å². The summed E-state index contributed by atoms with van der Waals surface area (Å²) in [5.41, 5.74) is -0.558. The average molecular weight is 351 g/mol. The van der Waals surface area contributed by atoms with Gasteiger partial charge in [0, 0.05) is 33.7 Å². The third-order valence-corrected chi connectivity index (χ3v) is 5.47. The van der Waals surface area contributed by atoms with Gasteiger partial charge >= 0.3 is 0 Å². The van der Waals surface area contributed by atoms with Crippen LogP contribution in [0, 0.1) is 17.3 Å².